The van der Waals surface area contributed by atoms with Crippen molar-refractivity contribution in [3.05, 3.63) is 29.0 Å². The van der Waals surface area contributed by atoms with Gasteiger partial charge in [-0.05, 0) is 57.1 Å². The number of benzene rings is 1. The fourth-order valence-corrected chi connectivity index (χ4v) is 2.91. The molecule has 1 aliphatic heterocycles. The molecule has 1 fully saturated rings. The molecule has 1 unspecified atom stereocenters. The molecule has 0 spiro atoms. The molecular weight excluding hydrogens is 328 g/mol. The first-order chi connectivity index (χ1) is 10.1. The van der Waals surface area contributed by atoms with E-state index in [2.05, 4.69) is 15.5 Å². The van der Waals surface area contributed by atoms with Gasteiger partial charge >= 0.3 is 0 Å². The highest BCUT2D eigenvalue weighted by molar-refractivity contribution is 6.31. The number of carbonyl (C=O) groups excluding carboxylic acids is 1. The van der Waals surface area contributed by atoms with Crippen LogP contribution in [0, 0.1) is 11.7 Å². The van der Waals surface area contributed by atoms with Crippen molar-refractivity contribution >= 4 is 35.6 Å². The van der Waals surface area contributed by atoms with Crippen LogP contribution < -0.4 is 10.6 Å². The van der Waals surface area contributed by atoms with Crippen LogP contribution in [0.1, 0.15) is 12.8 Å². The van der Waals surface area contributed by atoms with Gasteiger partial charge in [0.05, 0.1) is 11.6 Å². The van der Waals surface area contributed by atoms with E-state index in [0.29, 0.717) is 18.2 Å². The highest BCUT2D eigenvalue weighted by Crippen LogP contribution is 2.20. The smallest absolute Gasteiger partial charge is 0.238 e. The van der Waals surface area contributed by atoms with Gasteiger partial charge in [-0.2, -0.15) is 0 Å². The maximum atomic E-state index is 13.1. The van der Waals surface area contributed by atoms with Gasteiger partial charge in [0.15, 0.2) is 0 Å². The predicted octanol–water partition coefficient (Wildman–Crippen LogP) is 2.77. The van der Waals surface area contributed by atoms with Crippen molar-refractivity contribution in [1.82, 2.24) is 10.2 Å². The van der Waals surface area contributed by atoms with Crippen LogP contribution in [0.5, 0.6) is 0 Å². The Kier molecular flexibility index (Phi) is 8.10. The molecule has 2 N–H and O–H groups in total. The van der Waals surface area contributed by atoms with Gasteiger partial charge in [0.25, 0.3) is 0 Å². The Morgan fingerprint density at radius 2 is 2.27 bits per heavy atom. The molecule has 1 aromatic rings. The molecule has 2 rings (SSSR count). The lowest BCUT2D eigenvalue weighted by molar-refractivity contribution is -0.117. The first-order valence-electron chi connectivity index (χ1n) is 7.20. The Morgan fingerprint density at radius 1 is 1.50 bits per heavy atom. The molecule has 0 radical (unpaired) electrons. The first kappa shape index (κ1) is 19.2. The summed E-state index contributed by atoms with van der Waals surface area (Å²) in [5, 5.41) is 5.96. The molecule has 0 aliphatic carbocycles. The average Bonchev–Trinajstić information content (AvgIpc) is 2.43. The van der Waals surface area contributed by atoms with Gasteiger partial charge < -0.3 is 10.6 Å². The van der Waals surface area contributed by atoms with E-state index >= 15 is 0 Å². The van der Waals surface area contributed by atoms with Crippen LogP contribution in [-0.4, -0.2) is 44.0 Å². The van der Waals surface area contributed by atoms with Crippen LogP contribution in [0.25, 0.3) is 0 Å². The predicted molar refractivity (Wildman–Crippen MR) is 90.4 cm³/mol. The summed E-state index contributed by atoms with van der Waals surface area (Å²) >= 11 is 5.70. The summed E-state index contributed by atoms with van der Waals surface area (Å²) in [5.74, 6) is 0.0141. The fourth-order valence-electron chi connectivity index (χ4n) is 2.73. The number of amides is 1. The number of hydrogen-bond acceptors (Lipinski definition) is 3. The van der Waals surface area contributed by atoms with Gasteiger partial charge in [-0.1, -0.05) is 11.6 Å². The summed E-state index contributed by atoms with van der Waals surface area (Å²) in [4.78, 5) is 14.2. The van der Waals surface area contributed by atoms with Crippen LogP contribution in [0.4, 0.5) is 10.1 Å². The molecule has 1 atom stereocenters. The van der Waals surface area contributed by atoms with Gasteiger partial charge in [-0.15, -0.1) is 12.4 Å². The second-order valence-electron chi connectivity index (χ2n) is 5.48. The lowest BCUT2D eigenvalue weighted by atomic mass is 9.98. The molecule has 22 heavy (non-hydrogen) atoms. The summed E-state index contributed by atoms with van der Waals surface area (Å²) in [6.45, 7) is 3.21. The molecule has 1 aromatic carbocycles. The minimum Gasteiger partial charge on any atom is -0.325 e. The number of piperidine rings is 1. The number of halogens is 3. The van der Waals surface area contributed by atoms with Crippen molar-refractivity contribution in [2.24, 2.45) is 5.92 Å². The van der Waals surface area contributed by atoms with E-state index in [9.17, 15) is 9.18 Å². The molecule has 4 nitrogen and oxygen atoms in total. The standard InChI is InChI=1S/C15H21ClFN3O.ClH/c1-18-8-11-3-2-6-20(9-11)10-15(21)19-12-4-5-14(17)13(16)7-12;/h4-5,7,11,18H,2-3,6,8-10H2,1H3,(H,19,21);1H. The van der Waals surface area contributed by atoms with Crippen molar-refractivity contribution in [3.63, 3.8) is 0 Å². The number of anilines is 1. The molecule has 0 bridgehead atoms. The summed E-state index contributed by atoms with van der Waals surface area (Å²) in [5.41, 5.74) is 0.523. The van der Waals surface area contributed by atoms with E-state index in [1.54, 1.807) is 0 Å². The van der Waals surface area contributed by atoms with Gasteiger partial charge in [0, 0.05) is 12.2 Å². The molecule has 1 saturated heterocycles. The number of carbonyl (C=O) groups is 1. The van der Waals surface area contributed by atoms with E-state index in [0.717, 1.165) is 26.1 Å². The average molecular weight is 350 g/mol. The third-order valence-corrected chi connectivity index (χ3v) is 3.96. The normalized spacial score (nSPS) is 18.6. The zero-order valence-corrected chi connectivity index (χ0v) is 14.1. The maximum absolute atomic E-state index is 13.1. The maximum Gasteiger partial charge on any atom is 0.238 e. The topological polar surface area (TPSA) is 44.4 Å². The lowest BCUT2D eigenvalue weighted by Crippen LogP contribution is -2.42. The van der Waals surface area contributed by atoms with Crippen molar-refractivity contribution in [2.45, 2.75) is 12.8 Å². The SMILES string of the molecule is CNCC1CCCN(CC(=O)Nc2ccc(F)c(Cl)c2)C1.Cl. The van der Waals surface area contributed by atoms with Gasteiger partial charge in [0.1, 0.15) is 5.82 Å². The first-order valence-corrected chi connectivity index (χ1v) is 7.58. The third kappa shape index (κ3) is 5.72. The minimum absolute atomic E-state index is 0. The monoisotopic (exact) mass is 349 g/mol. The van der Waals surface area contributed by atoms with Gasteiger partial charge in [-0.3, -0.25) is 9.69 Å². The number of nitrogens with zero attached hydrogens (tertiary/aromatic N) is 1. The number of hydrogen-bond donors (Lipinski definition) is 2. The van der Waals surface area contributed by atoms with Crippen molar-refractivity contribution in [1.29, 1.82) is 0 Å². The largest absolute Gasteiger partial charge is 0.325 e. The van der Waals surface area contributed by atoms with Crippen molar-refractivity contribution in [2.75, 3.05) is 38.5 Å². The Labute approximate surface area is 141 Å². The Bertz CT molecular complexity index is 500. The zero-order chi connectivity index (χ0) is 15.2. The summed E-state index contributed by atoms with van der Waals surface area (Å²) in [7, 11) is 1.95. The third-order valence-electron chi connectivity index (χ3n) is 3.67. The molecule has 1 amide bonds. The van der Waals surface area contributed by atoms with Crippen molar-refractivity contribution < 1.29 is 9.18 Å². The quantitative estimate of drug-likeness (QED) is 0.858. The summed E-state index contributed by atoms with van der Waals surface area (Å²) < 4.78 is 13.1. The fraction of sp³-hybridized carbons (Fsp3) is 0.533. The number of nitrogens with one attached hydrogen (secondary N) is 2. The van der Waals surface area contributed by atoms with Crippen LogP contribution in [-0.2, 0) is 4.79 Å². The Hall–Kier alpha value is -0.880. The van der Waals surface area contributed by atoms with E-state index in [1.807, 2.05) is 7.05 Å². The van der Waals surface area contributed by atoms with Crippen molar-refractivity contribution in [3.8, 4) is 0 Å². The van der Waals surface area contributed by atoms with Crippen LogP contribution in [0.15, 0.2) is 18.2 Å². The van der Waals surface area contributed by atoms with Crippen LogP contribution >= 0.6 is 24.0 Å². The Balaban J connectivity index is 0.00000242. The molecule has 0 aromatic heterocycles. The summed E-state index contributed by atoms with van der Waals surface area (Å²) in [6, 6.07) is 4.19. The molecule has 124 valence electrons. The minimum atomic E-state index is -0.486. The van der Waals surface area contributed by atoms with Crippen LogP contribution in [0.3, 0.4) is 0 Å². The lowest BCUT2D eigenvalue weighted by Gasteiger charge is -2.32. The van der Waals surface area contributed by atoms with Crippen LogP contribution in [0.2, 0.25) is 5.02 Å². The number of likely N-dealkylation sites (tertiary alicyclic amines) is 1. The molecule has 1 heterocycles. The highest BCUT2D eigenvalue weighted by Gasteiger charge is 2.21. The highest BCUT2D eigenvalue weighted by atomic mass is 35.5. The Morgan fingerprint density at radius 3 is 2.95 bits per heavy atom. The number of rotatable bonds is 5. The molecule has 1 aliphatic rings. The molecule has 7 heteroatoms. The van der Waals surface area contributed by atoms with E-state index in [4.69, 9.17) is 11.6 Å². The van der Waals surface area contributed by atoms with E-state index in [-0.39, 0.29) is 23.3 Å². The van der Waals surface area contributed by atoms with E-state index < -0.39 is 5.82 Å². The van der Waals surface area contributed by atoms with Gasteiger partial charge in [0.2, 0.25) is 5.91 Å². The van der Waals surface area contributed by atoms with Gasteiger partial charge in [-0.25, -0.2) is 4.39 Å². The molecular formula is C15H22Cl2FN3O. The second kappa shape index (κ2) is 9.30. The zero-order valence-electron chi connectivity index (χ0n) is 12.6. The summed E-state index contributed by atoms with van der Waals surface area (Å²) in [6.07, 6.45) is 2.31. The van der Waals surface area contributed by atoms with E-state index in [1.165, 1.54) is 24.6 Å². The second-order valence-corrected chi connectivity index (χ2v) is 5.89. The molecule has 0 saturated carbocycles.